The van der Waals surface area contributed by atoms with Gasteiger partial charge in [0, 0.05) is 18.9 Å². The molecule has 0 spiro atoms. The molecule has 0 unspecified atom stereocenters. The van der Waals surface area contributed by atoms with Gasteiger partial charge in [0.25, 0.3) is 0 Å². The maximum absolute atomic E-state index is 11.7. The molecule has 2 rings (SSSR count). The van der Waals surface area contributed by atoms with Crippen LogP contribution in [0.25, 0.3) is 0 Å². The molecule has 0 N–H and O–H groups in total. The number of Topliss-reactive ketones (excluding diaryl/α,β-unsaturated/α-hetero) is 1. The van der Waals surface area contributed by atoms with E-state index in [0.29, 0.717) is 16.3 Å². The first kappa shape index (κ1) is 15.2. The van der Waals surface area contributed by atoms with Gasteiger partial charge in [0.1, 0.15) is 10.6 Å². The number of ether oxygens (including phenoxy) is 2. The van der Waals surface area contributed by atoms with Gasteiger partial charge < -0.3 is 9.47 Å². The number of benzene rings is 1. The van der Waals surface area contributed by atoms with Gasteiger partial charge in [0.15, 0.2) is 11.5 Å². The van der Waals surface area contributed by atoms with Gasteiger partial charge in [-0.2, -0.15) is 0 Å². The van der Waals surface area contributed by atoms with Crippen LogP contribution in [0.5, 0.6) is 5.75 Å². The van der Waals surface area contributed by atoms with Gasteiger partial charge in [-0.3, -0.25) is 4.79 Å². The number of hydrogen-bond donors (Lipinski definition) is 0. The lowest BCUT2D eigenvalue weighted by molar-refractivity contribution is 0.0591. The van der Waals surface area contributed by atoms with Crippen molar-refractivity contribution in [1.82, 2.24) is 4.98 Å². The van der Waals surface area contributed by atoms with Crippen LogP contribution in [0.1, 0.15) is 37.7 Å². The summed E-state index contributed by atoms with van der Waals surface area (Å²) in [5.41, 5.74) is 1.03. The molecule has 1 heterocycles. The molecule has 0 fully saturated rings. The molecule has 1 aromatic heterocycles. The summed E-state index contributed by atoms with van der Waals surface area (Å²) in [5, 5.41) is 0.671. The normalized spacial score (nSPS) is 10.2. The molecule has 0 atom stereocenters. The van der Waals surface area contributed by atoms with Crippen molar-refractivity contribution < 1.29 is 19.1 Å². The minimum Gasteiger partial charge on any atom is -0.496 e. The second kappa shape index (κ2) is 6.49. The highest BCUT2D eigenvalue weighted by molar-refractivity contribution is 7.14. The number of nitrogens with zero attached hydrogens (tertiary/aromatic N) is 1. The van der Waals surface area contributed by atoms with Crippen molar-refractivity contribution in [3.63, 3.8) is 0 Å². The van der Waals surface area contributed by atoms with Gasteiger partial charge in [-0.1, -0.05) is 18.2 Å². The Balaban J connectivity index is 2.37. The molecule has 21 heavy (non-hydrogen) atoms. The Morgan fingerprint density at radius 2 is 1.95 bits per heavy atom. The minimum absolute atomic E-state index is 0.0832. The standard InChI is InChI=1S/C15H15NO4S/c1-9(17)14-13(15(18)20-3)16-12(21-14)8-10-6-4-5-7-11(10)19-2/h4-7H,8H2,1-3H3. The topological polar surface area (TPSA) is 65.5 Å². The fourth-order valence-electron chi connectivity index (χ4n) is 1.93. The largest absolute Gasteiger partial charge is 0.496 e. The summed E-state index contributed by atoms with van der Waals surface area (Å²) in [7, 11) is 2.87. The Kier molecular flexibility index (Phi) is 4.70. The number of rotatable bonds is 5. The van der Waals surface area contributed by atoms with Gasteiger partial charge in [0.2, 0.25) is 0 Å². The van der Waals surface area contributed by atoms with Crippen molar-refractivity contribution in [1.29, 1.82) is 0 Å². The Labute approximate surface area is 126 Å². The lowest BCUT2D eigenvalue weighted by atomic mass is 10.1. The van der Waals surface area contributed by atoms with E-state index in [9.17, 15) is 9.59 Å². The van der Waals surface area contributed by atoms with E-state index >= 15 is 0 Å². The predicted octanol–water partition coefficient (Wildman–Crippen LogP) is 2.73. The first-order chi connectivity index (χ1) is 10.1. The number of esters is 1. The van der Waals surface area contributed by atoms with Gasteiger partial charge in [-0.15, -0.1) is 11.3 Å². The Morgan fingerprint density at radius 3 is 2.57 bits per heavy atom. The molecule has 0 bridgehead atoms. The molecular formula is C15H15NO4S. The van der Waals surface area contributed by atoms with Crippen LogP contribution in [0.3, 0.4) is 0 Å². The summed E-state index contributed by atoms with van der Waals surface area (Å²) >= 11 is 1.21. The Hall–Kier alpha value is -2.21. The average molecular weight is 305 g/mol. The fraction of sp³-hybridized carbons (Fsp3) is 0.267. The number of ketones is 1. The number of aromatic nitrogens is 1. The van der Waals surface area contributed by atoms with Crippen molar-refractivity contribution in [3.8, 4) is 5.75 Å². The third kappa shape index (κ3) is 3.28. The predicted molar refractivity (Wildman–Crippen MR) is 79.3 cm³/mol. The Bertz CT molecular complexity index is 678. The molecule has 1 aromatic carbocycles. The lowest BCUT2D eigenvalue weighted by Crippen LogP contribution is -2.07. The van der Waals surface area contributed by atoms with E-state index in [0.717, 1.165) is 11.3 Å². The van der Waals surface area contributed by atoms with Gasteiger partial charge in [-0.05, 0) is 6.07 Å². The second-order valence-electron chi connectivity index (χ2n) is 4.32. The van der Waals surface area contributed by atoms with E-state index in [1.807, 2.05) is 24.3 Å². The first-order valence-electron chi connectivity index (χ1n) is 6.27. The number of methoxy groups -OCH3 is 2. The van der Waals surface area contributed by atoms with Gasteiger partial charge in [0.05, 0.1) is 19.2 Å². The van der Waals surface area contributed by atoms with Crippen LogP contribution in [-0.4, -0.2) is 31.0 Å². The van der Waals surface area contributed by atoms with E-state index in [1.54, 1.807) is 7.11 Å². The third-order valence-electron chi connectivity index (χ3n) is 2.90. The monoisotopic (exact) mass is 305 g/mol. The van der Waals surface area contributed by atoms with Crippen LogP contribution in [0, 0.1) is 0 Å². The highest BCUT2D eigenvalue weighted by Crippen LogP contribution is 2.26. The zero-order valence-electron chi connectivity index (χ0n) is 12.0. The van der Waals surface area contributed by atoms with Gasteiger partial charge >= 0.3 is 5.97 Å². The molecule has 0 amide bonds. The number of thiazole rings is 1. The van der Waals surface area contributed by atoms with E-state index in [-0.39, 0.29) is 11.5 Å². The number of para-hydroxylation sites is 1. The van der Waals surface area contributed by atoms with E-state index in [2.05, 4.69) is 9.72 Å². The quantitative estimate of drug-likeness (QED) is 0.627. The second-order valence-corrected chi connectivity index (χ2v) is 5.41. The molecule has 6 heteroatoms. The molecular weight excluding hydrogens is 290 g/mol. The van der Waals surface area contributed by atoms with Crippen LogP contribution in [-0.2, 0) is 11.2 Å². The maximum Gasteiger partial charge on any atom is 0.358 e. The number of carbonyl (C=O) groups excluding carboxylic acids is 2. The maximum atomic E-state index is 11.7. The van der Waals surface area contributed by atoms with Crippen LogP contribution in [0.2, 0.25) is 0 Å². The van der Waals surface area contributed by atoms with Crippen molar-refractivity contribution in [2.75, 3.05) is 14.2 Å². The smallest absolute Gasteiger partial charge is 0.358 e. The highest BCUT2D eigenvalue weighted by Gasteiger charge is 2.22. The van der Waals surface area contributed by atoms with E-state index < -0.39 is 5.97 Å². The summed E-state index contributed by atoms with van der Waals surface area (Å²) in [6, 6.07) is 7.56. The lowest BCUT2D eigenvalue weighted by Gasteiger charge is -2.05. The molecule has 0 radical (unpaired) electrons. The SMILES string of the molecule is COC(=O)c1nc(Cc2ccccc2OC)sc1C(C)=O. The van der Waals surface area contributed by atoms with Crippen molar-refractivity contribution in [2.45, 2.75) is 13.3 Å². The molecule has 110 valence electrons. The molecule has 0 saturated heterocycles. The molecule has 5 nitrogen and oxygen atoms in total. The van der Waals surface area contributed by atoms with Crippen molar-refractivity contribution in [3.05, 3.63) is 45.4 Å². The summed E-state index contributed by atoms with van der Waals surface area (Å²) < 4.78 is 9.95. The zero-order chi connectivity index (χ0) is 15.4. The molecule has 0 saturated carbocycles. The van der Waals surface area contributed by atoms with Gasteiger partial charge in [-0.25, -0.2) is 9.78 Å². The minimum atomic E-state index is -0.595. The van der Waals surface area contributed by atoms with Crippen molar-refractivity contribution in [2.24, 2.45) is 0 Å². The van der Waals surface area contributed by atoms with E-state index in [4.69, 9.17) is 4.74 Å². The average Bonchev–Trinajstić information content (AvgIpc) is 2.91. The highest BCUT2D eigenvalue weighted by atomic mass is 32.1. The Morgan fingerprint density at radius 1 is 1.24 bits per heavy atom. The third-order valence-corrected chi connectivity index (χ3v) is 4.06. The fourth-order valence-corrected chi connectivity index (χ4v) is 2.90. The zero-order valence-corrected chi connectivity index (χ0v) is 12.8. The van der Waals surface area contributed by atoms with Crippen LogP contribution in [0.15, 0.2) is 24.3 Å². The summed E-state index contributed by atoms with van der Waals surface area (Å²) in [5.74, 6) is -0.0430. The van der Waals surface area contributed by atoms with E-state index in [1.165, 1.54) is 25.4 Å². The first-order valence-corrected chi connectivity index (χ1v) is 7.09. The summed E-state index contributed by atoms with van der Waals surface area (Å²) in [6.45, 7) is 1.41. The molecule has 0 aliphatic rings. The van der Waals surface area contributed by atoms with Crippen LogP contribution >= 0.6 is 11.3 Å². The number of carbonyl (C=O) groups is 2. The molecule has 2 aromatic rings. The molecule has 0 aliphatic carbocycles. The summed E-state index contributed by atoms with van der Waals surface area (Å²) in [6.07, 6.45) is 0.492. The summed E-state index contributed by atoms with van der Waals surface area (Å²) in [4.78, 5) is 27.9. The number of hydrogen-bond acceptors (Lipinski definition) is 6. The van der Waals surface area contributed by atoms with Crippen LogP contribution < -0.4 is 4.74 Å². The van der Waals surface area contributed by atoms with Crippen molar-refractivity contribution >= 4 is 23.1 Å². The molecule has 0 aliphatic heterocycles. The van der Waals surface area contributed by atoms with Crippen LogP contribution in [0.4, 0.5) is 0 Å².